The van der Waals surface area contributed by atoms with Crippen molar-refractivity contribution in [1.82, 2.24) is 9.47 Å². The molecule has 0 bridgehead atoms. The fourth-order valence-corrected chi connectivity index (χ4v) is 4.33. The summed E-state index contributed by atoms with van der Waals surface area (Å²) in [5.74, 6) is -0.334. The van der Waals surface area contributed by atoms with Crippen molar-refractivity contribution in [2.75, 3.05) is 5.32 Å². The van der Waals surface area contributed by atoms with Gasteiger partial charge in [0.25, 0.3) is 0 Å². The van der Waals surface area contributed by atoms with Crippen molar-refractivity contribution in [2.45, 2.75) is 33.0 Å². The van der Waals surface area contributed by atoms with Gasteiger partial charge < -0.3 is 14.8 Å². The summed E-state index contributed by atoms with van der Waals surface area (Å²) in [4.78, 5) is 2.15. The Hall–Kier alpha value is -3.15. The van der Waals surface area contributed by atoms with Gasteiger partial charge in [0.1, 0.15) is 5.82 Å². The second-order valence-electron chi connectivity index (χ2n) is 8.19. The molecule has 0 aliphatic carbocycles. The third kappa shape index (κ3) is 6.25. The van der Waals surface area contributed by atoms with Crippen LogP contribution in [0.25, 0.3) is 0 Å². The highest BCUT2D eigenvalue weighted by atomic mass is 35.5. The minimum atomic E-state index is -0.334. The van der Waals surface area contributed by atoms with E-state index in [4.69, 9.17) is 23.8 Å². The molecule has 0 saturated heterocycles. The van der Waals surface area contributed by atoms with Gasteiger partial charge in [-0.3, -0.25) is 0 Å². The molecule has 0 saturated carbocycles. The Labute approximate surface area is 210 Å². The maximum Gasteiger partial charge on any atom is 0.174 e. The van der Waals surface area contributed by atoms with Crippen LogP contribution < -0.4 is 5.32 Å². The quantitative estimate of drug-likeness (QED) is 0.261. The Balaban J connectivity index is 1.56. The van der Waals surface area contributed by atoms with E-state index in [0.717, 1.165) is 23.4 Å². The Morgan fingerprint density at radius 1 is 0.941 bits per heavy atom. The van der Waals surface area contributed by atoms with Gasteiger partial charge in [-0.05, 0) is 71.7 Å². The lowest BCUT2D eigenvalue weighted by Gasteiger charge is -2.27. The van der Waals surface area contributed by atoms with Crippen molar-refractivity contribution >= 4 is 34.6 Å². The monoisotopic (exact) mass is 491 g/mol. The van der Waals surface area contributed by atoms with Gasteiger partial charge in [0.15, 0.2) is 5.11 Å². The Bertz CT molecular complexity index is 1260. The van der Waals surface area contributed by atoms with Gasteiger partial charge in [-0.1, -0.05) is 67.1 Å². The van der Waals surface area contributed by atoms with Crippen molar-refractivity contribution in [2.24, 2.45) is 0 Å². The van der Waals surface area contributed by atoms with Gasteiger partial charge in [-0.2, -0.15) is 0 Å². The lowest BCUT2D eigenvalue weighted by atomic mass is 10.1. The van der Waals surface area contributed by atoms with Crippen LogP contribution in [0.4, 0.5) is 10.1 Å². The Morgan fingerprint density at radius 2 is 1.74 bits per heavy atom. The fraction of sp³-hybridized carbons (Fsp3) is 0.179. The molecule has 0 fully saturated rings. The maximum absolute atomic E-state index is 13.5. The standard InChI is InChI=1S/C28H27ClFN3S/c1-2-21-10-6-11-25(16-21)31-28(34)33(18-22-8-4-3-5-9-22)20-26-12-7-15-32(26)19-23-13-14-24(30)17-27(23)29/h3-17H,2,18-20H2,1H3,(H,31,34). The SMILES string of the molecule is CCc1cccc(NC(=S)N(Cc2ccccc2)Cc2cccn2Cc2ccc(F)cc2Cl)c1. The summed E-state index contributed by atoms with van der Waals surface area (Å²) in [6.07, 6.45) is 2.98. The second-order valence-corrected chi connectivity index (χ2v) is 8.98. The molecule has 0 aliphatic heterocycles. The highest BCUT2D eigenvalue weighted by Crippen LogP contribution is 2.21. The van der Waals surface area contributed by atoms with Crippen LogP contribution >= 0.6 is 23.8 Å². The second kappa shape index (κ2) is 11.3. The number of halogens is 2. The predicted octanol–water partition coefficient (Wildman–Crippen LogP) is 7.29. The molecule has 3 aromatic carbocycles. The summed E-state index contributed by atoms with van der Waals surface area (Å²) in [5, 5.41) is 4.50. The molecule has 1 aromatic heterocycles. The minimum absolute atomic E-state index is 0.334. The van der Waals surface area contributed by atoms with Gasteiger partial charge >= 0.3 is 0 Å². The fourth-order valence-electron chi connectivity index (χ4n) is 3.85. The number of thiocarbonyl (C=S) groups is 1. The van der Waals surface area contributed by atoms with Crippen molar-refractivity contribution in [1.29, 1.82) is 0 Å². The number of nitrogens with one attached hydrogen (secondary N) is 1. The number of hydrogen-bond acceptors (Lipinski definition) is 1. The molecule has 0 spiro atoms. The molecule has 0 amide bonds. The van der Waals surface area contributed by atoms with Crippen LogP contribution in [0.1, 0.15) is 29.3 Å². The number of rotatable bonds is 8. The summed E-state index contributed by atoms with van der Waals surface area (Å²) in [7, 11) is 0. The number of hydrogen-bond donors (Lipinski definition) is 1. The molecule has 6 heteroatoms. The molecular weight excluding hydrogens is 465 g/mol. The normalized spacial score (nSPS) is 10.8. The number of aromatic nitrogens is 1. The first-order valence-electron chi connectivity index (χ1n) is 11.3. The van der Waals surface area contributed by atoms with Crippen molar-refractivity contribution in [3.05, 3.63) is 124 Å². The number of anilines is 1. The summed E-state index contributed by atoms with van der Waals surface area (Å²) in [6.45, 7) is 3.97. The number of nitrogens with zero attached hydrogens (tertiary/aromatic N) is 2. The van der Waals surface area contributed by atoms with Gasteiger partial charge in [0.2, 0.25) is 0 Å². The van der Waals surface area contributed by atoms with Crippen LogP contribution in [0.2, 0.25) is 5.02 Å². The lowest BCUT2D eigenvalue weighted by molar-refractivity contribution is 0.399. The molecule has 1 N–H and O–H groups in total. The third-order valence-electron chi connectivity index (χ3n) is 5.72. The van der Waals surface area contributed by atoms with E-state index in [1.165, 1.54) is 23.3 Å². The van der Waals surface area contributed by atoms with E-state index < -0.39 is 0 Å². The van der Waals surface area contributed by atoms with Crippen LogP contribution in [0, 0.1) is 5.82 Å². The number of benzene rings is 3. The van der Waals surface area contributed by atoms with Crippen molar-refractivity contribution < 1.29 is 4.39 Å². The minimum Gasteiger partial charge on any atom is -0.345 e. The van der Waals surface area contributed by atoms with Gasteiger partial charge in [-0.15, -0.1) is 0 Å². The Kier molecular flexibility index (Phi) is 7.99. The van der Waals surface area contributed by atoms with E-state index in [-0.39, 0.29) is 5.82 Å². The highest BCUT2D eigenvalue weighted by Gasteiger charge is 2.15. The zero-order valence-corrected chi connectivity index (χ0v) is 20.6. The van der Waals surface area contributed by atoms with E-state index in [2.05, 4.69) is 52.0 Å². The molecule has 3 nitrogen and oxygen atoms in total. The predicted molar refractivity (Wildman–Crippen MR) is 143 cm³/mol. The van der Waals surface area contributed by atoms with E-state index in [1.807, 2.05) is 42.6 Å². The first-order valence-corrected chi connectivity index (χ1v) is 12.1. The van der Waals surface area contributed by atoms with Crippen LogP contribution in [-0.4, -0.2) is 14.6 Å². The molecule has 4 aromatic rings. The summed E-state index contributed by atoms with van der Waals surface area (Å²) in [5.41, 5.74) is 5.37. The van der Waals surface area contributed by atoms with Gasteiger partial charge in [0, 0.05) is 35.7 Å². The van der Waals surface area contributed by atoms with Gasteiger partial charge in [0.05, 0.1) is 6.54 Å². The molecule has 34 heavy (non-hydrogen) atoms. The summed E-state index contributed by atoms with van der Waals surface area (Å²) < 4.78 is 15.6. The lowest BCUT2D eigenvalue weighted by Crippen LogP contribution is -2.34. The Morgan fingerprint density at radius 3 is 2.50 bits per heavy atom. The van der Waals surface area contributed by atoms with Crippen molar-refractivity contribution in [3.63, 3.8) is 0 Å². The average molecular weight is 492 g/mol. The van der Waals surface area contributed by atoms with Crippen LogP contribution in [0.3, 0.4) is 0 Å². The summed E-state index contributed by atoms with van der Waals surface area (Å²) >= 11 is 12.1. The molecule has 0 radical (unpaired) electrons. The molecular formula is C28H27ClFN3S. The van der Waals surface area contributed by atoms with Crippen molar-refractivity contribution in [3.8, 4) is 0 Å². The summed E-state index contributed by atoms with van der Waals surface area (Å²) in [6, 6.07) is 27.2. The molecule has 0 atom stereocenters. The average Bonchev–Trinajstić information content (AvgIpc) is 3.27. The molecule has 174 valence electrons. The number of aryl methyl sites for hydroxylation is 1. The van der Waals surface area contributed by atoms with Gasteiger partial charge in [-0.25, -0.2) is 4.39 Å². The molecule has 0 aliphatic rings. The first kappa shape index (κ1) is 24.0. The van der Waals surface area contributed by atoms with E-state index in [0.29, 0.717) is 29.8 Å². The van der Waals surface area contributed by atoms with Crippen LogP contribution in [0.5, 0.6) is 0 Å². The first-order chi connectivity index (χ1) is 16.5. The van der Waals surface area contributed by atoms with E-state index in [9.17, 15) is 4.39 Å². The third-order valence-corrected chi connectivity index (χ3v) is 6.43. The zero-order chi connectivity index (χ0) is 23.9. The van der Waals surface area contributed by atoms with Crippen LogP contribution in [-0.2, 0) is 26.1 Å². The molecule has 4 rings (SSSR count). The largest absolute Gasteiger partial charge is 0.345 e. The van der Waals surface area contributed by atoms with E-state index >= 15 is 0 Å². The topological polar surface area (TPSA) is 20.2 Å². The highest BCUT2D eigenvalue weighted by molar-refractivity contribution is 7.80. The smallest absolute Gasteiger partial charge is 0.174 e. The van der Waals surface area contributed by atoms with E-state index in [1.54, 1.807) is 6.07 Å². The maximum atomic E-state index is 13.5. The van der Waals surface area contributed by atoms with Crippen LogP contribution in [0.15, 0.2) is 91.1 Å². The molecule has 1 heterocycles. The zero-order valence-electron chi connectivity index (χ0n) is 19.0. The molecule has 0 unspecified atom stereocenters.